The molecule has 2 aliphatic rings. The molecule has 2 aromatic rings. The van der Waals surface area contributed by atoms with Gasteiger partial charge in [0.2, 0.25) is 5.91 Å². The third-order valence-corrected chi connectivity index (χ3v) is 6.97. The first-order valence-electron chi connectivity index (χ1n) is 11.9. The fraction of sp³-hybridized carbons (Fsp3) is 0.444. The van der Waals surface area contributed by atoms with Crippen LogP contribution in [0, 0.1) is 11.8 Å². The second kappa shape index (κ2) is 10.1. The molecular weight excluding hydrogens is 448 g/mol. The number of fused-ring (bicyclic) bond motifs is 3. The minimum absolute atomic E-state index is 0.0168. The van der Waals surface area contributed by atoms with Gasteiger partial charge in [-0.1, -0.05) is 48.5 Å². The van der Waals surface area contributed by atoms with Gasteiger partial charge in [0.15, 0.2) is 0 Å². The summed E-state index contributed by atoms with van der Waals surface area (Å²) in [5.41, 5.74) is 3.94. The first-order chi connectivity index (χ1) is 16.7. The predicted octanol–water partition coefficient (Wildman–Crippen LogP) is 3.55. The Balaban J connectivity index is 1.24. The van der Waals surface area contributed by atoms with Crippen molar-refractivity contribution in [3.05, 3.63) is 59.7 Å². The van der Waals surface area contributed by atoms with Crippen molar-refractivity contribution >= 4 is 18.0 Å². The Kier molecular flexibility index (Phi) is 7.12. The fourth-order valence-corrected chi connectivity index (χ4v) is 4.71. The summed E-state index contributed by atoms with van der Waals surface area (Å²) in [6, 6.07) is 15.2. The van der Waals surface area contributed by atoms with Gasteiger partial charge in [-0.2, -0.15) is 0 Å². The smallest absolute Gasteiger partial charge is 0.407 e. The maximum atomic E-state index is 12.5. The van der Waals surface area contributed by atoms with Crippen LogP contribution in [0.5, 0.6) is 0 Å². The fourth-order valence-electron chi connectivity index (χ4n) is 4.71. The molecule has 0 aliphatic heterocycles. The summed E-state index contributed by atoms with van der Waals surface area (Å²) in [5.74, 6) is -1.80. The zero-order chi connectivity index (χ0) is 25.2. The van der Waals surface area contributed by atoms with Gasteiger partial charge < -0.3 is 25.2 Å². The van der Waals surface area contributed by atoms with Gasteiger partial charge in [0.05, 0.1) is 5.60 Å². The van der Waals surface area contributed by atoms with E-state index in [2.05, 4.69) is 34.9 Å². The molecule has 0 radical (unpaired) electrons. The Morgan fingerprint density at radius 1 is 1.06 bits per heavy atom. The van der Waals surface area contributed by atoms with E-state index >= 15 is 0 Å². The largest absolute Gasteiger partial charge is 0.480 e. The topological polar surface area (TPSA) is 114 Å². The summed E-state index contributed by atoms with van der Waals surface area (Å²) in [7, 11) is 1.51. The number of alkyl carbamates (subject to hydrolysis) is 1. The van der Waals surface area contributed by atoms with E-state index in [0.29, 0.717) is 13.0 Å². The van der Waals surface area contributed by atoms with E-state index in [1.165, 1.54) is 7.11 Å². The third-order valence-electron chi connectivity index (χ3n) is 6.97. The summed E-state index contributed by atoms with van der Waals surface area (Å²) < 4.78 is 10.8. The van der Waals surface area contributed by atoms with Gasteiger partial charge >= 0.3 is 12.1 Å². The van der Waals surface area contributed by atoms with E-state index in [-0.39, 0.29) is 36.7 Å². The molecule has 0 saturated heterocycles. The second-order valence-corrected chi connectivity index (χ2v) is 9.88. The predicted molar refractivity (Wildman–Crippen MR) is 130 cm³/mol. The van der Waals surface area contributed by atoms with Gasteiger partial charge in [-0.3, -0.25) is 4.79 Å². The Hall–Kier alpha value is -3.39. The Labute approximate surface area is 205 Å². The van der Waals surface area contributed by atoms with Crippen LogP contribution in [0.2, 0.25) is 0 Å². The highest BCUT2D eigenvalue weighted by Crippen LogP contribution is 2.44. The molecule has 35 heavy (non-hydrogen) atoms. The van der Waals surface area contributed by atoms with Crippen LogP contribution in [0.3, 0.4) is 0 Å². The van der Waals surface area contributed by atoms with Crippen molar-refractivity contribution in [1.29, 1.82) is 0 Å². The number of rotatable bonds is 10. The number of hydrogen-bond acceptors (Lipinski definition) is 5. The van der Waals surface area contributed by atoms with Crippen molar-refractivity contribution in [2.75, 3.05) is 20.3 Å². The molecule has 8 nitrogen and oxygen atoms in total. The van der Waals surface area contributed by atoms with Crippen LogP contribution in [-0.2, 0) is 19.1 Å². The Bertz CT molecular complexity index is 1070. The number of amides is 2. The highest BCUT2D eigenvalue weighted by molar-refractivity contribution is 5.87. The lowest BCUT2D eigenvalue weighted by atomic mass is 9.98. The minimum Gasteiger partial charge on any atom is -0.480 e. The van der Waals surface area contributed by atoms with E-state index in [9.17, 15) is 19.5 Å². The van der Waals surface area contributed by atoms with Crippen molar-refractivity contribution < 1.29 is 29.0 Å². The van der Waals surface area contributed by atoms with E-state index < -0.39 is 23.7 Å². The molecule has 3 N–H and O–H groups in total. The van der Waals surface area contributed by atoms with Gasteiger partial charge in [-0.25, -0.2) is 9.59 Å². The van der Waals surface area contributed by atoms with Crippen molar-refractivity contribution in [2.45, 2.75) is 44.2 Å². The maximum Gasteiger partial charge on any atom is 0.407 e. The summed E-state index contributed by atoms with van der Waals surface area (Å²) in [4.78, 5) is 36.4. The summed E-state index contributed by atoms with van der Waals surface area (Å²) in [5, 5.41) is 14.8. The molecule has 2 amide bonds. The lowest BCUT2D eigenvalue weighted by Crippen LogP contribution is -2.46. The standard InChI is InChI=1S/C27H32N2O6/c1-27(2,34-3)13-23(25(31)32)29-24(30)21-12-16(21)14-28-26(33)35-15-22-19-10-6-4-8-17(19)18-9-5-7-11-20(18)22/h4-11,16,21-23H,12-15H2,1-3H3,(H,28,33)(H,29,30)(H,31,32)/t16-,21-,23?/m0/s1. The van der Waals surface area contributed by atoms with Crippen LogP contribution in [0.15, 0.2) is 48.5 Å². The van der Waals surface area contributed by atoms with Crippen molar-refractivity contribution in [1.82, 2.24) is 10.6 Å². The number of benzene rings is 2. The molecular formula is C27H32N2O6. The first kappa shape index (κ1) is 24.7. The molecule has 1 unspecified atom stereocenters. The molecule has 1 saturated carbocycles. The van der Waals surface area contributed by atoms with Crippen LogP contribution in [-0.4, -0.2) is 55.0 Å². The summed E-state index contributed by atoms with van der Waals surface area (Å²) in [6.07, 6.45) is 0.221. The first-order valence-corrected chi connectivity index (χ1v) is 11.9. The average molecular weight is 481 g/mol. The molecule has 1 fully saturated rings. The monoisotopic (exact) mass is 480 g/mol. The van der Waals surface area contributed by atoms with E-state index in [1.807, 2.05) is 24.3 Å². The van der Waals surface area contributed by atoms with Crippen LogP contribution in [0.1, 0.15) is 43.7 Å². The van der Waals surface area contributed by atoms with Gasteiger partial charge in [-0.05, 0) is 48.4 Å². The number of carbonyl (C=O) groups is 3. The van der Waals surface area contributed by atoms with Crippen molar-refractivity contribution in [3.63, 3.8) is 0 Å². The lowest BCUT2D eigenvalue weighted by Gasteiger charge is -2.27. The third kappa shape index (κ3) is 5.65. The summed E-state index contributed by atoms with van der Waals surface area (Å²) >= 11 is 0. The molecule has 186 valence electrons. The highest BCUT2D eigenvalue weighted by Gasteiger charge is 2.44. The number of aliphatic carboxylic acids is 1. The SMILES string of the molecule is COC(C)(C)CC(NC(=O)[C@H]1C[C@H]1CNC(=O)OCC1c2ccccc2-c2ccccc21)C(=O)O. The zero-order valence-corrected chi connectivity index (χ0v) is 20.2. The number of ether oxygens (including phenoxy) is 2. The molecule has 3 atom stereocenters. The molecule has 2 aliphatic carbocycles. The maximum absolute atomic E-state index is 12.5. The molecule has 0 heterocycles. The quantitative estimate of drug-likeness (QED) is 0.479. The van der Waals surface area contributed by atoms with Gasteiger partial charge in [0.1, 0.15) is 12.6 Å². The van der Waals surface area contributed by atoms with Crippen LogP contribution >= 0.6 is 0 Å². The number of carbonyl (C=O) groups excluding carboxylic acids is 2. The number of nitrogens with one attached hydrogen (secondary N) is 2. The molecule has 0 bridgehead atoms. The Morgan fingerprint density at radius 2 is 1.66 bits per heavy atom. The highest BCUT2D eigenvalue weighted by atomic mass is 16.5. The summed E-state index contributed by atoms with van der Waals surface area (Å²) in [6.45, 7) is 4.07. The molecule has 8 heteroatoms. The van der Waals surface area contributed by atoms with Gasteiger partial charge in [-0.15, -0.1) is 0 Å². The lowest BCUT2D eigenvalue weighted by molar-refractivity contribution is -0.144. The second-order valence-electron chi connectivity index (χ2n) is 9.88. The van der Waals surface area contributed by atoms with E-state index in [0.717, 1.165) is 22.3 Å². The Morgan fingerprint density at radius 3 is 2.23 bits per heavy atom. The number of methoxy groups -OCH3 is 1. The molecule has 0 aromatic heterocycles. The van der Waals surface area contributed by atoms with Gasteiger partial charge in [0, 0.05) is 31.9 Å². The average Bonchev–Trinajstić information content (AvgIpc) is 3.56. The number of hydrogen-bond donors (Lipinski definition) is 3. The van der Waals surface area contributed by atoms with Crippen molar-refractivity contribution in [2.24, 2.45) is 11.8 Å². The number of carboxylic acids is 1. The molecule has 4 rings (SSSR count). The normalized spacial score (nSPS) is 19.3. The van der Waals surface area contributed by atoms with Crippen molar-refractivity contribution in [3.8, 4) is 11.1 Å². The van der Waals surface area contributed by atoms with E-state index in [4.69, 9.17) is 9.47 Å². The minimum atomic E-state index is -1.10. The van der Waals surface area contributed by atoms with Crippen LogP contribution in [0.25, 0.3) is 11.1 Å². The molecule has 2 aromatic carbocycles. The zero-order valence-electron chi connectivity index (χ0n) is 20.2. The molecule has 0 spiro atoms. The van der Waals surface area contributed by atoms with Crippen LogP contribution < -0.4 is 10.6 Å². The van der Waals surface area contributed by atoms with Crippen LogP contribution in [0.4, 0.5) is 4.79 Å². The number of carboxylic acid groups (broad SMARTS) is 1. The van der Waals surface area contributed by atoms with Gasteiger partial charge in [0.25, 0.3) is 0 Å². The van der Waals surface area contributed by atoms with E-state index in [1.54, 1.807) is 13.8 Å².